The number of nitriles is 1. The van der Waals surface area contributed by atoms with E-state index in [-0.39, 0.29) is 12.0 Å². The van der Waals surface area contributed by atoms with Crippen LogP contribution in [0.15, 0.2) is 48.5 Å². The minimum atomic E-state index is -0.804. The van der Waals surface area contributed by atoms with Crippen molar-refractivity contribution in [1.29, 1.82) is 5.26 Å². The highest BCUT2D eigenvalue weighted by atomic mass is 19.1. The Morgan fingerprint density at radius 2 is 1.90 bits per heavy atom. The van der Waals surface area contributed by atoms with Crippen molar-refractivity contribution in [2.24, 2.45) is 0 Å². The molecule has 21 heavy (non-hydrogen) atoms. The first-order valence-corrected chi connectivity index (χ1v) is 6.28. The molecule has 106 valence electrons. The first kappa shape index (κ1) is 14.7. The van der Waals surface area contributed by atoms with Crippen molar-refractivity contribution in [3.63, 3.8) is 0 Å². The third-order valence-electron chi connectivity index (χ3n) is 2.93. The highest BCUT2D eigenvalue weighted by molar-refractivity contribution is 5.79. The number of amides is 1. The molecular weight excluding hydrogens is 274 g/mol. The molecule has 0 fully saturated rings. The van der Waals surface area contributed by atoms with Crippen molar-refractivity contribution in [3.8, 4) is 6.07 Å². The number of halogens is 2. The van der Waals surface area contributed by atoms with Crippen LogP contribution in [0.1, 0.15) is 17.2 Å². The lowest BCUT2D eigenvalue weighted by atomic mass is 10.1. The summed E-state index contributed by atoms with van der Waals surface area (Å²) in [6, 6.07) is 12.9. The summed E-state index contributed by atoms with van der Waals surface area (Å²) in [4.78, 5) is 11.9. The lowest BCUT2D eigenvalue weighted by Gasteiger charge is -2.12. The van der Waals surface area contributed by atoms with Crippen molar-refractivity contribution in [1.82, 2.24) is 5.32 Å². The Morgan fingerprint density at radius 1 is 1.19 bits per heavy atom. The van der Waals surface area contributed by atoms with Crippen LogP contribution in [-0.4, -0.2) is 5.91 Å². The molecular formula is C16H12F2N2O. The molecule has 0 spiro atoms. The van der Waals surface area contributed by atoms with E-state index >= 15 is 0 Å². The highest BCUT2D eigenvalue weighted by Crippen LogP contribution is 2.13. The topological polar surface area (TPSA) is 52.9 Å². The van der Waals surface area contributed by atoms with Crippen LogP contribution in [0.3, 0.4) is 0 Å². The van der Waals surface area contributed by atoms with Crippen LogP contribution < -0.4 is 5.32 Å². The van der Waals surface area contributed by atoms with E-state index in [2.05, 4.69) is 5.32 Å². The summed E-state index contributed by atoms with van der Waals surface area (Å²) in [7, 11) is 0. The Hall–Kier alpha value is -2.74. The van der Waals surface area contributed by atoms with Gasteiger partial charge in [0, 0.05) is 6.07 Å². The van der Waals surface area contributed by atoms with E-state index in [9.17, 15) is 13.6 Å². The molecule has 0 bridgehead atoms. The Labute approximate surface area is 120 Å². The van der Waals surface area contributed by atoms with Crippen molar-refractivity contribution >= 4 is 5.91 Å². The SMILES string of the molecule is N#CC(NC(=O)Cc1ccc(F)cc1F)c1ccccc1. The predicted octanol–water partition coefficient (Wildman–Crippen LogP) is 2.89. The number of nitrogens with one attached hydrogen (secondary N) is 1. The predicted molar refractivity (Wildman–Crippen MR) is 73.0 cm³/mol. The normalized spacial score (nSPS) is 11.5. The van der Waals surface area contributed by atoms with Crippen LogP contribution in [0.5, 0.6) is 0 Å². The minimum absolute atomic E-state index is 0.0821. The molecule has 2 aromatic rings. The summed E-state index contributed by atoms with van der Waals surface area (Å²) in [6.07, 6.45) is -0.253. The number of hydrogen-bond donors (Lipinski definition) is 1. The van der Waals surface area contributed by atoms with Gasteiger partial charge in [0.15, 0.2) is 0 Å². The van der Waals surface area contributed by atoms with Gasteiger partial charge in [-0.25, -0.2) is 8.78 Å². The van der Waals surface area contributed by atoms with Crippen LogP contribution in [-0.2, 0) is 11.2 Å². The van der Waals surface area contributed by atoms with Crippen LogP contribution >= 0.6 is 0 Å². The Morgan fingerprint density at radius 3 is 2.52 bits per heavy atom. The zero-order valence-electron chi connectivity index (χ0n) is 11.0. The summed E-state index contributed by atoms with van der Waals surface area (Å²) in [5.41, 5.74) is 0.728. The zero-order chi connectivity index (χ0) is 15.2. The van der Waals surface area contributed by atoms with Gasteiger partial charge in [-0.15, -0.1) is 0 Å². The van der Waals surface area contributed by atoms with Crippen LogP contribution in [0.25, 0.3) is 0 Å². The maximum absolute atomic E-state index is 13.5. The van der Waals surface area contributed by atoms with Gasteiger partial charge in [-0.3, -0.25) is 4.79 Å². The van der Waals surface area contributed by atoms with E-state index in [1.54, 1.807) is 30.3 Å². The molecule has 0 heterocycles. The van der Waals surface area contributed by atoms with Gasteiger partial charge in [-0.05, 0) is 17.2 Å². The number of carbonyl (C=O) groups excluding carboxylic acids is 1. The van der Waals surface area contributed by atoms with Gasteiger partial charge >= 0.3 is 0 Å². The fourth-order valence-electron chi connectivity index (χ4n) is 1.89. The van der Waals surface area contributed by atoms with Gasteiger partial charge in [-0.2, -0.15) is 5.26 Å². The van der Waals surface area contributed by atoms with Gasteiger partial charge in [0.2, 0.25) is 5.91 Å². The summed E-state index contributed by atoms with van der Waals surface area (Å²) in [5, 5.41) is 11.6. The molecule has 0 saturated carbocycles. The second kappa shape index (κ2) is 6.62. The maximum atomic E-state index is 13.5. The molecule has 0 aromatic heterocycles. The van der Waals surface area contributed by atoms with E-state index < -0.39 is 23.6 Å². The molecule has 0 saturated heterocycles. The smallest absolute Gasteiger partial charge is 0.225 e. The summed E-state index contributed by atoms with van der Waals surface area (Å²) < 4.78 is 26.3. The third-order valence-corrected chi connectivity index (χ3v) is 2.93. The first-order chi connectivity index (χ1) is 10.1. The average molecular weight is 286 g/mol. The highest BCUT2D eigenvalue weighted by Gasteiger charge is 2.15. The number of rotatable bonds is 4. The number of carbonyl (C=O) groups is 1. The van der Waals surface area contributed by atoms with Crippen LogP contribution in [0.4, 0.5) is 8.78 Å². The summed E-state index contributed by atoms with van der Waals surface area (Å²) in [6.45, 7) is 0. The molecule has 1 amide bonds. The van der Waals surface area contributed by atoms with E-state index in [0.29, 0.717) is 5.56 Å². The standard InChI is InChI=1S/C16H12F2N2O/c17-13-7-6-12(14(18)9-13)8-16(21)20-15(10-19)11-4-2-1-3-5-11/h1-7,9,15H,8H2,(H,20,21). The molecule has 1 unspecified atom stereocenters. The number of nitrogens with zero attached hydrogens (tertiary/aromatic N) is 1. The van der Waals surface area contributed by atoms with E-state index in [4.69, 9.17) is 5.26 Å². The van der Waals surface area contributed by atoms with E-state index in [1.165, 1.54) is 6.07 Å². The van der Waals surface area contributed by atoms with E-state index in [1.807, 2.05) is 6.07 Å². The molecule has 2 aromatic carbocycles. The molecule has 5 heteroatoms. The fraction of sp³-hybridized carbons (Fsp3) is 0.125. The van der Waals surface area contributed by atoms with Gasteiger partial charge in [0.25, 0.3) is 0 Å². The summed E-state index contributed by atoms with van der Waals surface area (Å²) in [5.74, 6) is -1.98. The van der Waals surface area contributed by atoms with Crippen LogP contribution in [0.2, 0.25) is 0 Å². The largest absolute Gasteiger partial charge is 0.336 e. The molecule has 0 aliphatic carbocycles. The quantitative estimate of drug-likeness (QED) is 0.939. The van der Waals surface area contributed by atoms with Gasteiger partial charge in [-0.1, -0.05) is 36.4 Å². The molecule has 0 radical (unpaired) electrons. The average Bonchev–Trinajstić information content (AvgIpc) is 2.48. The number of hydrogen-bond acceptors (Lipinski definition) is 2. The Bertz CT molecular complexity index is 680. The maximum Gasteiger partial charge on any atom is 0.225 e. The van der Waals surface area contributed by atoms with Gasteiger partial charge in [0.05, 0.1) is 12.5 Å². The van der Waals surface area contributed by atoms with E-state index in [0.717, 1.165) is 12.1 Å². The molecule has 1 atom stereocenters. The second-order valence-electron chi connectivity index (χ2n) is 4.45. The first-order valence-electron chi connectivity index (χ1n) is 6.28. The molecule has 3 nitrogen and oxygen atoms in total. The Balaban J connectivity index is 2.06. The molecule has 0 aliphatic heterocycles. The fourth-order valence-corrected chi connectivity index (χ4v) is 1.89. The Kier molecular flexibility index (Phi) is 4.62. The number of benzene rings is 2. The van der Waals surface area contributed by atoms with Crippen molar-refractivity contribution in [2.75, 3.05) is 0 Å². The second-order valence-corrected chi connectivity index (χ2v) is 4.45. The molecule has 2 rings (SSSR count). The molecule has 1 N–H and O–H groups in total. The van der Waals surface area contributed by atoms with Gasteiger partial charge in [0.1, 0.15) is 17.7 Å². The van der Waals surface area contributed by atoms with Crippen molar-refractivity contribution in [2.45, 2.75) is 12.5 Å². The minimum Gasteiger partial charge on any atom is -0.336 e. The summed E-state index contributed by atoms with van der Waals surface area (Å²) >= 11 is 0. The lowest BCUT2D eigenvalue weighted by Crippen LogP contribution is -2.29. The van der Waals surface area contributed by atoms with Crippen LogP contribution in [0, 0.1) is 23.0 Å². The van der Waals surface area contributed by atoms with Crippen molar-refractivity contribution in [3.05, 3.63) is 71.3 Å². The lowest BCUT2D eigenvalue weighted by molar-refractivity contribution is -0.120. The zero-order valence-corrected chi connectivity index (χ0v) is 11.0. The van der Waals surface area contributed by atoms with Gasteiger partial charge < -0.3 is 5.32 Å². The third kappa shape index (κ3) is 3.86. The molecule has 0 aliphatic rings. The monoisotopic (exact) mass is 286 g/mol. The van der Waals surface area contributed by atoms with Crippen molar-refractivity contribution < 1.29 is 13.6 Å².